The zero-order chi connectivity index (χ0) is 16.8. The van der Waals surface area contributed by atoms with Gasteiger partial charge in [0.2, 0.25) is 10.0 Å². The van der Waals surface area contributed by atoms with Crippen LogP contribution in [-0.2, 0) is 14.8 Å². The summed E-state index contributed by atoms with van der Waals surface area (Å²) in [6, 6.07) is 4.62. The first kappa shape index (κ1) is 16.3. The highest BCUT2D eigenvalue weighted by molar-refractivity contribution is 7.89. The third kappa shape index (κ3) is 3.07. The molecule has 2 heterocycles. The van der Waals surface area contributed by atoms with Crippen LogP contribution in [-0.4, -0.2) is 37.8 Å². The summed E-state index contributed by atoms with van der Waals surface area (Å²) in [6.45, 7) is 6.86. The first-order valence-electron chi connectivity index (χ1n) is 7.89. The SMILES string of the molecule is CC1CC(C)CN(S(=O)(=O)c2ccc3c(c2)OC(C)C(=O)N3)C1. The fraction of sp³-hybridized carbons (Fsp3) is 0.562. The number of carbonyl (C=O) groups is 1. The third-order valence-corrected chi connectivity index (χ3v) is 6.18. The molecule has 1 amide bonds. The molecule has 2 aliphatic rings. The lowest BCUT2D eigenvalue weighted by atomic mass is 9.94. The summed E-state index contributed by atoms with van der Waals surface area (Å²) in [4.78, 5) is 11.8. The summed E-state index contributed by atoms with van der Waals surface area (Å²) < 4.78 is 32.9. The number of hydrogen-bond acceptors (Lipinski definition) is 4. The molecule has 1 saturated heterocycles. The molecule has 1 N–H and O–H groups in total. The molecule has 3 unspecified atom stereocenters. The molecule has 6 nitrogen and oxygen atoms in total. The van der Waals surface area contributed by atoms with Crippen LogP contribution < -0.4 is 10.1 Å². The van der Waals surface area contributed by atoms with Crippen molar-refractivity contribution in [2.24, 2.45) is 11.8 Å². The highest BCUT2D eigenvalue weighted by atomic mass is 32.2. The number of amides is 1. The fourth-order valence-corrected chi connectivity index (χ4v) is 4.99. The summed E-state index contributed by atoms with van der Waals surface area (Å²) in [6.07, 6.45) is 0.415. The number of carbonyl (C=O) groups excluding carboxylic acids is 1. The van der Waals surface area contributed by atoms with Crippen molar-refractivity contribution in [3.05, 3.63) is 18.2 Å². The van der Waals surface area contributed by atoms with E-state index < -0.39 is 16.1 Å². The number of benzene rings is 1. The molecule has 2 aliphatic heterocycles. The van der Waals surface area contributed by atoms with Crippen molar-refractivity contribution in [3.63, 3.8) is 0 Å². The Labute approximate surface area is 136 Å². The molecule has 3 rings (SSSR count). The highest BCUT2D eigenvalue weighted by Gasteiger charge is 2.33. The van der Waals surface area contributed by atoms with E-state index in [1.165, 1.54) is 12.1 Å². The molecule has 0 spiro atoms. The monoisotopic (exact) mass is 338 g/mol. The predicted molar refractivity (Wildman–Crippen MR) is 86.9 cm³/mol. The molecule has 1 aromatic carbocycles. The Morgan fingerprint density at radius 3 is 2.48 bits per heavy atom. The maximum Gasteiger partial charge on any atom is 0.265 e. The van der Waals surface area contributed by atoms with Gasteiger partial charge in [0.05, 0.1) is 10.6 Å². The van der Waals surface area contributed by atoms with E-state index in [9.17, 15) is 13.2 Å². The van der Waals surface area contributed by atoms with Gasteiger partial charge in [0.1, 0.15) is 5.75 Å². The smallest absolute Gasteiger partial charge is 0.265 e. The Bertz CT molecular complexity index is 722. The number of piperidine rings is 1. The van der Waals surface area contributed by atoms with Crippen LogP contribution in [0.1, 0.15) is 27.2 Å². The molecule has 3 atom stereocenters. The summed E-state index contributed by atoms with van der Waals surface area (Å²) >= 11 is 0. The zero-order valence-corrected chi connectivity index (χ0v) is 14.4. The van der Waals surface area contributed by atoms with Gasteiger partial charge in [0, 0.05) is 19.2 Å². The molecule has 0 saturated carbocycles. The molecule has 7 heteroatoms. The van der Waals surface area contributed by atoms with Gasteiger partial charge < -0.3 is 10.1 Å². The van der Waals surface area contributed by atoms with E-state index in [2.05, 4.69) is 19.2 Å². The quantitative estimate of drug-likeness (QED) is 0.896. The van der Waals surface area contributed by atoms with Gasteiger partial charge in [-0.2, -0.15) is 4.31 Å². The van der Waals surface area contributed by atoms with Gasteiger partial charge in [0.25, 0.3) is 5.91 Å². The van der Waals surface area contributed by atoms with Crippen LogP contribution in [0.5, 0.6) is 5.75 Å². The van der Waals surface area contributed by atoms with Gasteiger partial charge in [-0.25, -0.2) is 8.42 Å². The molecule has 0 aromatic heterocycles. The lowest BCUT2D eigenvalue weighted by Crippen LogP contribution is -2.42. The Morgan fingerprint density at radius 2 is 1.83 bits per heavy atom. The summed E-state index contributed by atoms with van der Waals surface area (Å²) in [5, 5.41) is 2.71. The predicted octanol–water partition coefficient (Wildman–Crippen LogP) is 2.07. The Kier molecular flexibility index (Phi) is 4.10. The van der Waals surface area contributed by atoms with Crippen LogP contribution in [0.3, 0.4) is 0 Å². The Morgan fingerprint density at radius 1 is 1.17 bits per heavy atom. The zero-order valence-electron chi connectivity index (χ0n) is 13.6. The van der Waals surface area contributed by atoms with Crippen LogP contribution in [0.15, 0.2) is 23.1 Å². The molecule has 1 aromatic rings. The average Bonchev–Trinajstić information content (AvgIpc) is 2.47. The number of nitrogens with zero attached hydrogens (tertiary/aromatic N) is 1. The second-order valence-electron chi connectivity index (χ2n) is 6.68. The normalized spacial score (nSPS) is 28.7. The molecule has 0 aliphatic carbocycles. The van der Waals surface area contributed by atoms with E-state index >= 15 is 0 Å². The van der Waals surface area contributed by atoms with Crippen molar-refractivity contribution in [1.82, 2.24) is 4.31 Å². The maximum atomic E-state index is 12.9. The Hall–Kier alpha value is -1.60. The minimum Gasteiger partial charge on any atom is -0.479 e. The van der Waals surface area contributed by atoms with Crippen molar-refractivity contribution < 1.29 is 17.9 Å². The first-order valence-corrected chi connectivity index (χ1v) is 9.33. The second kappa shape index (κ2) is 5.79. The first-order chi connectivity index (χ1) is 10.8. The van der Waals surface area contributed by atoms with E-state index in [1.54, 1.807) is 17.3 Å². The number of fused-ring (bicyclic) bond motifs is 1. The lowest BCUT2D eigenvalue weighted by molar-refractivity contribution is -0.122. The van der Waals surface area contributed by atoms with Gasteiger partial charge >= 0.3 is 0 Å². The van der Waals surface area contributed by atoms with Gasteiger partial charge in [-0.05, 0) is 37.3 Å². The second-order valence-corrected chi connectivity index (χ2v) is 8.61. The van der Waals surface area contributed by atoms with Crippen molar-refractivity contribution in [2.75, 3.05) is 18.4 Å². The van der Waals surface area contributed by atoms with Gasteiger partial charge in [0.15, 0.2) is 6.10 Å². The molecule has 0 radical (unpaired) electrons. The molecular weight excluding hydrogens is 316 g/mol. The number of sulfonamides is 1. The standard InChI is InChI=1S/C16H22N2O4S/c1-10-6-11(2)9-18(8-10)23(20,21)13-4-5-14-15(7-13)22-12(3)16(19)17-14/h4-5,7,10-12H,6,8-9H2,1-3H3,(H,17,19). The van der Waals surface area contributed by atoms with Crippen molar-refractivity contribution in [1.29, 1.82) is 0 Å². The number of anilines is 1. The van der Waals surface area contributed by atoms with Crippen LogP contribution in [0.25, 0.3) is 0 Å². The van der Waals surface area contributed by atoms with E-state index in [4.69, 9.17) is 4.74 Å². The lowest BCUT2D eigenvalue weighted by Gasteiger charge is -2.34. The van der Waals surface area contributed by atoms with E-state index in [0.717, 1.165) is 6.42 Å². The molecule has 0 bridgehead atoms. The summed E-state index contributed by atoms with van der Waals surface area (Å²) in [5.74, 6) is 0.867. The topological polar surface area (TPSA) is 75.7 Å². The van der Waals surface area contributed by atoms with Crippen molar-refractivity contribution in [3.8, 4) is 5.75 Å². The van der Waals surface area contributed by atoms with Crippen LogP contribution in [0.4, 0.5) is 5.69 Å². The van der Waals surface area contributed by atoms with E-state index in [-0.39, 0.29) is 10.8 Å². The summed E-state index contributed by atoms with van der Waals surface area (Å²) in [7, 11) is -3.55. The molecular formula is C16H22N2O4S. The fourth-order valence-electron chi connectivity index (χ4n) is 3.29. The average molecular weight is 338 g/mol. The van der Waals surface area contributed by atoms with Crippen LogP contribution in [0.2, 0.25) is 0 Å². The molecule has 126 valence electrons. The third-order valence-electron chi connectivity index (χ3n) is 4.36. The number of hydrogen-bond donors (Lipinski definition) is 1. The van der Waals surface area contributed by atoms with Crippen LogP contribution in [0, 0.1) is 11.8 Å². The van der Waals surface area contributed by atoms with Gasteiger partial charge in [-0.15, -0.1) is 0 Å². The maximum absolute atomic E-state index is 12.9. The summed E-state index contributed by atoms with van der Waals surface area (Å²) in [5.41, 5.74) is 0.507. The van der Waals surface area contributed by atoms with E-state index in [1.807, 2.05) is 0 Å². The largest absolute Gasteiger partial charge is 0.479 e. The minimum absolute atomic E-state index is 0.209. The van der Waals surface area contributed by atoms with Crippen LogP contribution >= 0.6 is 0 Å². The minimum atomic E-state index is -3.55. The number of rotatable bonds is 2. The van der Waals surface area contributed by atoms with Gasteiger partial charge in [-0.3, -0.25) is 4.79 Å². The molecule has 23 heavy (non-hydrogen) atoms. The number of nitrogens with one attached hydrogen (secondary N) is 1. The van der Waals surface area contributed by atoms with E-state index in [0.29, 0.717) is 36.4 Å². The Balaban J connectivity index is 1.92. The van der Waals surface area contributed by atoms with Gasteiger partial charge in [-0.1, -0.05) is 13.8 Å². The molecule has 1 fully saturated rings. The van der Waals surface area contributed by atoms with Crippen molar-refractivity contribution in [2.45, 2.75) is 38.2 Å². The van der Waals surface area contributed by atoms with Crippen molar-refractivity contribution >= 4 is 21.6 Å². The number of ether oxygens (including phenoxy) is 1. The highest BCUT2D eigenvalue weighted by Crippen LogP contribution is 2.34.